The fourth-order valence-electron chi connectivity index (χ4n) is 2.36. The van der Waals surface area contributed by atoms with E-state index < -0.39 is 0 Å². The minimum atomic E-state index is 0.196. The molecule has 2 aromatic rings. The van der Waals surface area contributed by atoms with E-state index in [2.05, 4.69) is 15.2 Å². The lowest BCUT2D eigenvalue weighted by atomic mass is 10.2. The Balaban J connectivity index is 1.56. The highest BCUT2D eigenvalue weighted by atomic mass is 32.1. The zero-order valence-corrected chi connectivity index (χ0v) is 12.1. The third-order valence-electron chi connectivity index (χ3n) is 3.47. The summed E-state index contributed by atoms with van der Waals surface area (Å²) in [5.74, 6) is 0.984. The Morgan fingerprint density at radius 3 is 2.75 bits per heavy atom. The number of carbonyl (C=O) groups is 1. The maximum Gasteiger partial charge on any atom is 0.227 e. The predicted molar refractivity (Wildman–Crippen MR) is 75.9 cm³/mol. The minimum Gasteiger partial charge on any atom is -0.349 e. The van der Waals surface area contributed by atoms with Gasteiger partial charge >= 0.3 is 0 Å². The number of anilines is 1. The van der Waals surface area contributed by atoms with Crippen LogP contribution in [0.25, 0.3) is 0 Å². The standard InChI is InChI=1S/C13H16N4O2S/c1-10-13(15-19-14-10)17-6-4-16(5-7-17)12(18)9-11-3-2-8-20-11/h2-3,8H,4-7,9H2,1H3. The van der Waals surface area contributed by atoms with Crippen molar-refractivity contribution in [3.05, 3.63) is 28.1 Å². The molecular formula is C13H16N4O2S. The van der Waals surface area contributed by atoms with Gasteiger partial charge < -0.3 is 9.80 Å². The molecule has 106 valence electrons. The second-order valence-electron chi connectivity index (χ2n) is 4.80. The van der Waals surface area contributed by atoms with Crippen LogP contribution in [-0.4, -0.2) is 47.3 Å². The van der Waals surface area contributed by atoms with E-state index in [1.54, 1.807) is 11.3 Å². The molecule has 6 nitrogen and oxygen atoms in total. The summed E-state index contributed by atoms with van der Waals surface area (Å²) >= 11 is 1.63. The van der Waals surface area contributed by atoms with Gasteiger partial charge in [-0.25, -0.2) is 4.63 Å². The average molecular weight is 292 g/mol. The van der Waals surface area contributed by atoms with Gasteiger partial charge in [0.25, 0.3) is 0 Å². The zero-order chi connectivity index (χ0) is 13.9. The number of carbonyl (C=O) groups excluding carboxylic acids is 1. The van der Waals surface area contributed by atoms with Crippen molar-refractivity contribution in [2.45, 2.75) is 13.3 Å². The number of amides is 1. The van der Waals surface area contributed by atoms with Crippen LogP contribution in [-0.2, 0) is 11.2 Å². The number of nitrogens with zero attached hydrogens (tertiary/aromatic N) is 4. The van der Waals surface area contributed by atoms with Crippen LogP contribution in [0.1, 0.15) is 10.6 Å². The van der Waals surface area contributed by atoms with Crippen LogP contribution in [0, 0.1) is 6.92 Å². The first-order valence-corrected chi connectivity index (χ1v) is 7.46. The lowest BCUT2D eigenvalue weighted by molar-refractivity contribution is -0.130. The second-order valence-corrected chi connectivity index (χ2v) is 5.83. The molecule has 1 aliphatic rings. The quantitative estimate of drug-likeness (QED) is 0.854. The molecule has 1 fully saturated rings. The molecule has 3 heterocycles. The number of hydrogen-bond acceptors (Lipinski definition) is 6. The van der Waals surface area contributed by atoms with E-state index in [0.717, 1.165) is 42.6 Å². The highest BCUT2D eigenvalue weighted by Gasteiger charge is 2.24. The van der Waals surface area contributed by atoms with Crippen LogP contribution in [0.15, 0.2) is 22.1 Å². The van der Waals surface area contributed by atoms with E-state index in [0.29, 0.717) is 6.42 Å². The van der Waals surface area contributed by atoms with Crippen LogP contribution in [0.2, 0.25) is 0 Å². The molecule has 0 radical (unpaired) electrons. The van der Waals surface area contributed by atoms with Crippen LogP contribution in [0.4, 0.5) is 5.82 Å². The molecule has 1 aliphatic heterocycles. The molecule has 0 atom stereocenters. The Bertz CT molecular complexity index is 573. The summed E-state index contributed by atoms with van der Waals surface area (Å²) in [6.45, 7) is 4.85. The molecular weight excluding hydrogens is 276 g/mol. The lowest BCUT2D eigenvalue weighted by Gasteiger charge is -2.34. The van der Waals surface area contributed by atoms with Crippen molar-refractivity contribution in [2.24, 2.45) is 0 Å². The molecule has 7 heteroatoms. The first kappa shape index (κ1) is 13.1. The molecule has 0 N–H and O–H groups in total. The highest BCUT2D eigenvalue weighted by Crippen LogP contribution is 2.17. The molecule has 0 unspecified atom stereocenters. The summed E-state index contributed by atoms with van der Waals surface area (Å²) < 4.78 is 4.72. The molecule has 0 aliphatic carbocycles. The molecule has 1 amide bonds. The number of thiophene rings is 1. The predicted octanol–water partition coefficient (Wildman–Crippen LogP) is 1.33. The third kappa shape index (κ3) is 2.67. The maximum atomic E-state index is 12.2. The fraction of sp³-hybridized carbons (Fsp3) is 0.462. The van der Waals surface area contributed by atoms with Gasteiger partial charge in [-0.2, -0.15) is 0 Å². The number of piperazine rings is 1. The first-order valence-electron chi connectivity index (χ1n) is 6.58. The molecule has 0 saturated carbocycles. The minimum absolute atomic E-state index is 0.196. The summed E-state index contributed by atoms with van der Waals surface area (Å²) in [5, 5.41) is 9.70. The third-order valence-corrected chi connectivity index (χ3v) is 4.34. The van der Waals surface area contributed by atoms with Gasteiger partial charge in [0.2, 0.25) is 5.91 Å². The largest absolute Gasteiger partial charge is 0.349 e. The Kier molecular flexibility index (Phi) is 3.68. The van der Waals surface area contributed by atoms with E-state index in [1.165, 1.54) is 0 Å². The highest BCUT2D eigenvalue weighted by molar-refractivity contribution is 7.10. The van der Waals surface area contributed by atoms with E-state index >= 15 is 0 Å². The first-order chi connectivity index (χ1) is 9.74. The van der Waals surface area contributed by atoms with Gasteiger partial charge in [-0.05, 0) is 23.5 Å². The lowest BCUT2D eigenvalue weighted by Crippen LogP contribution is -2.49. The monoisotopic (exact) mass is 292 g/mol. The van der Waals surface area contributed by atoms with Gasteiger partial charge in [-0.3, -0.25) is 4.79 Å². The van der Waals surface area contributed by atoms with Crippen molar-refractivity contribution in [1.29, 1.82) is 0 Å². The van der Waals surface area contributed by atoms with E-state index in [-0.39, 0.29) is 5.91 Å². The molecule has 20 heavy (non-hydrogen) atoms. The van der Waals surface area contributed by atoms with Crippen molar-refractivity contribution < 1.29 is 9.42 Å². The number of rotatable bonds is 3. The van der Waals surface area contributed by atoms with Gasteiger partial charge in [0.15, 0.2) is 5.82 Å². The maximum absolute atomic E-state index is 12.2. The molecule has 0 bridgehead atoms. The molecule has 0 spiro atoms. The van der Waals surface area contributed by atoms with Crippen LogP contribution in [0.3, 0.4) is 0 Å². The van der Waals surface area contributed by atoms with Crippen LogP contribution < -0.4 is 4.90 Å². The van der Waals surface area contributed by atoms with Crippen molar-refractivity contribution in [3.63, 3.8) is 0 Å². The number of hydrogen-bond donors (Lipinski definition) is 0. The fourth-order valence-corrected chi connectivity index (χ4v) is 3.05. The number of aryl methyl sites for hydroxylation is 1. The SMILES string of the molecule is Cc1nonc1N1CCN(C(=O)Cc2cccs2)CC1. The average Bonchev–Trinajstić information content (AvgIpc) is 3.10. The summed E-state index contributed by atoms with van der Waals surface area (Å²) in [5.41, 5.74) is 0.795. The Labute approximate surface area is 120 Å². The van der Waals surface area contributed by atoms with Gasteiger partial charge in [-0.15, -0.1) is 11.3 Å². The molecule has 2 aromatic heterocycles. The smallest absolute Gasteiger partial charge is 0.227 e. The summed E-state index contributed by atoms with van der Waals surface area (Å²) in [4.78, 5) is 17.3. The van der Waals surface area contributed by atoms with Crippen LogP contribution >= 0.6 is 11.3 Å². The summed E-state index contributed by atoms with van der Waals surface area (Å²) in [6, 6.07) is 3.98. The van der Waals surface area contributed by atoms with E-state index in [4.69, 9.17) is 4.63 Å². The molecule has 0 aromatic carbocycles. The summed E-state index contributed by atoms with van der Waals surface area (Å²) in [7, 11) is 0. The van der Waals surface area contributed by atoms with E-state index in [1.807, 2.05) is 29.3 Å². The van der Waals surface area contributed by atoms with Crippen molar-refractivity contribution in [3.8, 4) is 0 Å². The molecule has 3 rings (SSSR count). The van der Waals surface area contributed by atoms with Gasteiger partial charge in [0.1, 0.15) is 5.69 Å². The Morgan fingerprint density at radius 2 is 2.15 bits per heavy atom. The zero-order valence-electron chi connectivity index (χ0n) is 11.3. The van der Waals surface area contributed by atoms with Gasteiger partial charge in [-0.1, -0.05) is 11.2 Å². The Morgan fingerprint density at radius 1 is 1.35 bits per heavy atom. The van der Waals surface area contributed by atoms with Crippen molar-refractivity contribution >= 4 is 23.1 Å². The summed E-state index contributed by atoms with van der Waals surface area (Å²) in [6.07, 6.45) is 0.502. The van der Waals surface area contributed by atoms with Crippen molar-refractivity contribution in [1.82, 2.24) is 15.2 Å². The van der Waals surface area contributed by atoms with Gasteiger partial charge in [0, 0.05) is 31.1 Å². The van der Waals surface area contributed by atoms with Gasteiger partial charge in [0.05, 0.1) is 6.42 Å². The Hall–Kier alpha value is -1.89. The van der Waals surface area contributed by atoms with Crippen molar-refractivity contribution in [2.75, 3.05) is 31.1 Å². The van der Waals surface area contributed by atoms with E-state index in [9.17, 15) is 4.79 Å². The normalized spacial score (nSPS) is 15.7. The number of aromatic nitrogens is 2. The topological polar surface area (TPSA) is 62.5 Å². The second kappa shape index (κ2) is 5.62. The van der Waals surface area contributed by atoms with Crippen LogP contribution in [0.5, 0.6) is 0 Å². The molecule has 1 saturated heterocycles.